The highest BCUT2D eigenvalue weighted by atomic mass is 35.5. The van der Waals surface area contributed by atoms with Crippen LogP contribution in [0.5, 0.6) is 0 Å². The first kappa shape index (κ1) is 21.8. The van der Waals surface area contributed by atoms with Crippen LogP contribution in [0.15, 0.2) is 17.8 Å². The molecule has 0 saturated carbocycles. The Labute approximate surface area is 171 Å². The van der Waals surface area contributed by atoms with Crippen molar-refractivity contribution in [3.05, 3.63) is 44.1 Å². The number of pyridine rings is 1. The van der Waals surface area contributed by atoms with Crippen molar-refractivity contribution in [2.75, 3.05) is 6.54 Å². The Bertz CT molecular complexity index is 681. The van der Waals surface area contributed by atoms with Crippen molar-refractivity contribution < 1.29 is 4.43 Å². The minimum absolute atomic E-state index is 0.189. The van der Waals surface area contributed by atoms with Gasteiger partial charge in [0, 0.05) is 42.1 Å². The maximum Gasteiger partial charge on any atom is 0.192 e. The van der Waals surface area contributed by atoms with Gasteiger partial charge in [0.1, 0.15) is 5.01 Å². The molecule has 1 unspecified atom stereocenters. The molecule has 0 aliphatic rings. The topological polar surface area (TPSA) is 47.0 Å². The molecule has 2 rings (SSSR count). The summed E-state index contributed by atoms with van der Waals surface area (Å²) >= 11 is 14.5. The molecule has 0 aliphatic heterocycles. The quantitative estimate of drug-likeness (QED) is 0.468. The van der Waals surface area contributed by atoms with Crippen molar-refractivity contribution in [3.8, 4) is 0 Å². The highest BCUT2D eigenvalue weighted by molar-refractivity contribution is 7.09. The Morgan fingerprint density at radius 1 is 1.15 bits per heavy atom. The van der Waals surface area contributed by atoms with E-state index in [1.54, 1.807) is 23.7 Å². The molecule has 1 N–H and O–H groups in total. The molecule has 1 atom stereocenters. The zero-order chi connectivity index (χ0) is 19.2. The number of aryl methyl sites for hydroxylation is 1. The molecular weight excluding hydrogens is 405 g/mol. The van der Waals surface area contributed by atoms with E-state index in [0.717, 1.165) is 34.4 Å². The molecule has 26 heavy (non-hydrogen) atoms. The van der Waals surface area contributed by atoms with E-state index in [1.807, 2.05) is 6.92 Å². The van der Waals surface area contributed by atoms with E-state index in [2.05, 4.69) is 41.4 Å². The number of hydrogen-bond acceptors (Lipinski definition) is 5. The van der Waals surface area contributed by atoms with E-state index in [9.17, 15) is 0 Å². The Hall–Kier alpha value is -0.503. The average molecular weight is 432 g/mol. The van der Waals surface area contributed by atoms with Crippen LogP contribution >= 0.6 is 34.5 Å². The largest absolute Gasteiger partial charge is 0.409 e. The fourth-order valence-electron chi connectivity index (χ4n) is 3.03. The average Bonchev–Trinajstić information content (AvgIpc) is 3.04. The van der Waals surface area contributed by atoms with Gasteiger partial charge in [-0.3, -0.25) is 4.98 Å². The lowest BCUT2D eigenvalue weighted by atomic mass is 10.1. The Morgan fingerprint density at radius 3 is 2.27 bits per heavy atom. The van der Waals surface area contributed by atoms with Gasteiger partial charge in [0.25, 0.3) is 0 Å². The summed E-state index contributed by atoms with van der Waals surface area (Å²) in [6.45, 7) is 10.0. The molecule has 2 aromatic rings. The van der Waals surface area contributed by atoms with Gasteiger partial charge in [-0.05, 0) is 25.1 Å². The lowest BCUT2D eigenvalue weighted by Gasteiger charge is -2.34. The molecule has 144 valence electrons. The number of nitrogens with one attached hydrogen (secondary N) is 1. The van der Waals surface area contributed by atoms with Crippen LogP contribution in [-0.4, -0.2) is 24.8 Å². The molecular formula is C18H27Cl2N3OSSi. The fraction of sp³-hybridized carbons (Fsp3) is 0.556. The zero-order valence-corrected chi connectivity index (χ0v) is 19.1. The van der Waals surface area contributed by atoms with Crippen LogP contribution in [0.25, 0.3) is 0 Å². The first-order chi connectivity index (χ1) is 12.4. The highest BCUT2D eigenvalue weighted by Gasteiger charge is 2.34. The second kappa shape index (κ2) is 10.2. The second-order valence-electron chi connectivity index (χ2n) is 6.38. The molecule has 0 aromatic carbocycles. The molecule has 0 fully saturated rings. The molecule has 0 aliphatic carbocycles. The predicted molar refractivity (Wildman–Crippen MR) is 114 cm³/mol. The number of rotatable bonds is 10. The van der Waals surface area contributed by atoms with E-state index in [0.29, 0.717) is 23.1 Å². The van der Waals surface area contributed by atoms with Gasteiger partial charge in [-0.15, -0.1) is 11.3 Å². The SMILES string of the molecule is CC[Si](CC)(CC)OC(CNCc1nc(C)cs1)c1c(Cl)cncc1Cl. The Morgan fingerprint density at radius 2 is 1.77 bits per heavy atom. The smallest absolute Gasteiger partial charge is 0.192 e. The van der Waals surface area contributed by atoms with Crippen LogP contribution in [-0.2, 0) is 11.0 Å². The highest BCUT2D eigenvalue weighted by Crippen LogP contribution is 2.36. The van der Waals surface area contributed by atoms with Crippen molar-refractivity contribution in [3.63, 3.8) is 0 Å². The number of nitrogens with zero attached hydrogens (tertiary/aromatic N) is 2. The predicted octanol–water partition coefficient (Wildman–Crippen LogP) is 6.01. The summed E-state index contributed by atoms with van der Waals surface area (Å²) in [6.07, 6.45) is 3.08. The summed E-state index contributed by atoms with van der Waals surface area (Å²) < 4.78 is 6.74. The van der Waals surface area contributed by atoms with E-state index in [-0.39, 0.29) is 6.10 Å². The van der Waals surface area contributed by atoms with Gasteiger partial charge in [0.15, 0.2) is 8.32 Å². The molecule has 0 amide bonds. The maximum absolute atomic E-state index is 6.74. The van der Waals surface area contributed by atoms with Gasteiger partial charge in [0.2, 0.25) is 0 Å². The fourth-order valence-corrected chi connectivity index (χ4v) is 7.18. The Kier molecular flexibility index (Phi) is 8.51. The molecule has 0 saturated heterocycles. The summed E-state index contributed by atoms with van der Waals surface area (Å²) in [6, 6.07) is 3.22. The number of hydrogen-bond donors (Lipinski definition) is 1. The van der Waals surface area contributed by atoms with Gasteiger partial charge in [-0.25, -0.2) is 4.98 Å². The third kappa shape index (κ3) is 5.50. The molecule has 0 spiro atoms. The van der Waals surface area contributed by atoms with Gasteiger partial charge in [-0.2, -0.15) is 0 Å². The minimum atomic E-state index is -1.83. The second-order valence-corrected chi connectivity index (χ2v) is 12.9. The molecule has 2 heterocycles. The minimum Gasteiger partial charge on any atom is -0.409 e. The van der Waals surface area contributed by atoms with Crippen molar-refractivity contribution in [2.45, 2.75) is 58.5 Å². The lowest BCUT2D eigenvalue weighted by Crippen LogP contribution is -2.40. The van der Waals surface area contributed by atoms with Crippen LogP contribution in [0.1, 0.15) is 43.1 Å². The van der Waals surface area contributed by atoms with Crippen molar-refractivity contribution in [1.82, 2.24) is 15.3 Å². The Balaban J connectivity index is 2.20. The molecule has 0 radical (unpaired) electrons. The summed E-state index contributed by atoms with van der Waals surface area (Å²) in [5, 5.41) is 7.71. The van der Waals surface area contributed by atoms with Gasteiger partial charge >= 0.3 is 0 Å². The first-order valence-electron chi connectivity index (χ1n) is 9.03. The summed E-state index contributed by atoms with van der Waals surface area (Å²) in [5.41, 5.74) is 1.88. The lowest BCUT2D eigenvalue weighted by molar-refractivity contribution is 0.186. The summed E-state index contributed by atoms with van der Waals surface area (Å²) in [7, 11) is -1.83. The van der Waals surface area contributed by atoms with Gasteiger partial charge in [-0.1, -0.05) is 44.0 Å². The van der Waals surface area contributed by atoms with Crippen molar-refractivity contribution in [1.29, 1.82) is 0 Å². The van der Waals surface area contributed by atoms with Crippen LogP contribution in [0.3, 0.4) is 0 Å². The number of halogens is 2. The monoisotopic (exact) mass is 431 g/mol. The molecule has 8 heteroatoms. The van der Waals surface area contributed by atoms with E-state index in [1.165, 1.54) is 0 Å². The van der Waals surface area contributed by atoms with Crippen molar-refractivity contribution in [2.24, 2.45) is 0 Å². The zero-order valence-electron chi connectivity index (χ0n) is 15.8. The van der Waals surface area contributed by atoms with E-state index >= 15 is 0 Å². The third-order valence-electron chi connectivity index (χ3n) is 4.81. The normalized spacial score (nSPS) is 13.2. The summed E-state index contributed by atoms with van der Waals surface area (Å²) in [4.78, 5) is 8.58. The van der Waals surface area contributed by atoms with Gasteiger partial charge in [0.05, 0.1) is 16.1 Å². The third-order valence-corrected chi connectivity index (χ3v) is 11.0. The summed E-state index contributed by atoms with van der Waals surface area (Å²) in [5.74, 6) is 0. The molecule has 0 bridgehead atoms. The molecule has 2 aromatic heterocycles. The van der Waals surface area contributed by atoms with Crippen LogP contribution in [0.2, 0.25) is 28.2 Å². The van der Waals surface area contributed by atoms with Crippen LogP contribution < -0.4 is 5.32 Å². The first-order valence-corrected chi connectivity index (χ1v) is 13.2. The van der Waals surface area contributed by atoms with Gasteiger partial charge < -0.3 is 9.74 Å². The van der Waals surface area contributed by atoms with Crippen molar-refractivity contribution >= 4 is 42.9 Å². The van der Waals surface area contributed by atoms with E-state index in [4.69, 9.17) is 27.6 Å². The standard InChI is InChI=1S/C18H27Cl2N3OSSi/c1-5-26(6-2,7-3)24-16(18-14(19)8-21-9-15(18)20)10-22-11-17-23-13(4)12-25-17/h8-9,12,16,22H,5-7,10-11H2,1-4H3. The maximum atomic E-state index is 6.74. The van der Waals surface area contributed by atoms with Crippen LogP contribution in [0, 0.1) is 6.92 Å². The molecule has 4 nitrogen and oxygen atoms in total. The number of thiazole rings is 1. The number of aromatic nitrogens is 2. The van der Waals surface area contributed by atoms with Crippen LogP contribution in [0.4, 0.5) is 0 Å². The van der Waals surface area contributed by atoms with E-state index < -0.39 is 8.32 Å².